The lowest BCUT2D eigenvalue weighted by atomic mass is 10.2. The number of unbranched alkanes of at least 4 members (excludes halogenated alkanes) is 2. The highest BCUT2D eigenvalue weighted by molar-refractivity contribution is 5.81. The normalized spacial score (nSPS) is 11.7. The van der Waals surface area contributed by atoms with E-state index in [-0.39, 0.29) is 6.54 Å². The molecule has 1 amide bonds. The minimum atomic E-state index is -4.87. The lowest BCUT2D eigenvalue weighted by Gasteiger charge is -2.35. The molecule has 6 heteroatoms. The largest absolute Gasteiger partial charge is 0.472 e. The van der Waals surface area contributed by atoms with Gasteiger partial charge in [0.25, 0.3) is 0 Å². The van der Waals surface area contributed by atoms with E-state index in [9.17, 15) is 18.0 Å². The van der Waals surface area contributed by atoms with E-state index < -0.39 is 12.1 Å². The highest BCUT2D eigenvalue weighted by Crippen LogP contribution is 2.22. The summed E-state index contributed by atoms with van der Waals surface area (Å²) in [5, 5.41) is 2.41. The smallest absolute Gasteiger partial charge is 0.263 e. The molecular formula is C17H25F3N2O. The predicted molar refractivity (Wildman–Crippen MR) is 84.4 cm³/mol. The van der Waals surface area contributed by atoms with Crippen LogP contribution in [-0.2, 0) is 11.3 Å². The van der Waals surface area contributed by atoms with E-state index in [2.05, 4.69) is 0 Å². The van der Waals surface area contributed by atoms with Crippen LogP contribution in [0, 0.1) is 0 Å². The van der Waals surface area contributed by atoms with E-state index in [0.29, 0.717) is 18.7 Å². The van der Waals surface area contributed by atoms with Crippen molar-refractivity contribution in [2.45, 2.75) is 52.3 Å². The average Bonchev–Trinajstić information content (AvgIpc) is 2.53. The van der Waals surface area contributed by atoms with Crippen molar-refractivity contribution in [3.05, 3.63) is 35.9 Å². The summed E-state index contributed by atoms with van der Waals surface area (Å²) in [5.41, 5.74) is 0.683. The maximum Gasteiger partial charge on any atom is 0.472 e. The van der Waals surface area contributed by atoms with Gasteiger partial charge in [-0.25, -0.2) is 5.01 Å². The van der Waals surface area contributed by atoms with Gasteiger partial charge in [-0.15, -0.1) is 0 Å². The zero-order valence-electron chi connectivity index (χ0n) is 13.8. The Morgan fingerprint density at radius 3 is 1.96 bits per heavy atom. The van der Waals surface area contributed by atoms with Gasteiger partial charge in [0.05, 0.1) is 6.54 Å². The van der Waals surface area contributed by atoms with Crippen LogP contribution in [0.1, 0.15) is 45.1 Å². The summed E-state index contributed by atoms with van der Waals surface area (Å²) in [6.45, 7) is 4.79. The number of hydrogen-bond donors (Lipinski definition) is 0. The molecule has 0 bridgehead atoms. The lowest BCUT2D eigenvalue weighted by Crippen LogP contribution is -2.51. The third-order valence-electron chi connectivity index (χ3n) is 3.53. The summed E-state index contributed by atoms with van der Waals surface area (Å²) < 4.78 is 39.0. The Bertz CT molecular complexity index is 455. The zero-order chi connectivity index (χ0) is 17.3. The third-order valence-corrected chi connectivity index (χ3v) is 3.53. The first-order chi connectivity index (χ1) is 10.9. The van der Waals surface area contributed by atoms with Crippen LogP contribution < -0.4 is 0 Å². The summed E-state index contributed by atoms with van der Waals surface area (Å²) in [6.07, 6.45) is -1.64. The van der Waals surface area contributed by atoms with E-state index in [1.807, 2.05) is 13.8 Å². The van der Waals surface area contributed by atoms with Crippen molar-refractivity contribution in [3.63, 3.8) is 0 Å². The molecule has 0 saturated heterocycles. The fourth-order valence-electron chi connectivity index (χ4n) is 2.24. The number of halogens is 3. The molecule has 23 heavy (non-hydrogen) atoms. The number of carbonyl (C=O) groups excluding carboxylic acids is 1. The van der Waals surface area contributed by atoms with Gasteiger partial charge >= 0.3 is 12.1 Å². The van der Waals surface area contributed by atoms with Crippen LogP contribution in [0.5, 0.6) is 0 Å². The summed E-state index contributed by atoms with van der Waals surface area (Å²) in [7, 11) is 0. The number of carbonyl (C=O) groups is 1. The average molecular weight is 330 g/mol. The van der Waals surface area contributed by atoms with Gasteiger partial charge in [-0.05, 0) is 18.4 Å². The van der Waals surface area contributed by atoms with Gasteiger partial charge in [0.1, 0.15) is 0 Å². The molecule has 130 valence electrons. The molecule has 1 aromatic rings. The van der Waals surface area contributed by atoms with E-state index in [1.165, 1.54) is 0 Å². The molecule has 1 aromatic carbocycles. The van der Waals surface area contributed by atoms with E-state index in [0.717, 1.165) is 30.7 Å². The highest BCUT2D eigenvalue weighted by atomic mass is 19.4. The molecule has 0 atom stereocenters. The molecule has 0 spiro atoms. The maximum absolute atomic E-state index is 13.0. The summed E-state index contributed by atoms with van der Waals surface area (Å²) >= 11 is 0. The summed E-state index contributed by atoms with van der Waals surface area (Å²) in [4.78, 5) is 11.9. The van der Waals surface area contributed by atoms with Gasteiger partial charge in [-0.3, -0.25) is 9.80 Å². The molecule has 0 aromatic heterocycles. The highest BCUT2D eigenvalue weighted by Gasteiger charge is 2.44. The van der Waals surface area contributed by atoms with E-state index in [1.54, 1.807) is 35.3 Å². The van der Waals surface area contributed by atoms with Gasteiger partial charge in [-0.2, -0.15) is 13.2 Å². The molecule has 3 nitrogen and oxygen atoms in total. The lowest BCUT2D eigenvalue weighted by molar-refractivity contribution is -0.204. The van der Waals surface area contributed by atoms with Gasteiger partial charge < -0.3 is 0 Å². The van der Waals surface area contributed by atoms with Crippen LogP contribution in [0.4, 0.5) is 13.2 Å². The second kappa shape index (κ2) is 9.55. The first-order valence-corrected chi connectivity index (χ1v) is 8.07. The van der Waals surface area contributed by atoms with Gasteiger partial charge in [0.15, 0.2) is 0 Å². The number of nitrogens with zero attached hydrogens (tertiary/aromatic N) is 2. The quantitative estimate of drug-likeness (QED) is 0.627. The molecule has 0 heterocycles. The first kappa shape index (κ1) is 19.5. The minimum absolute atomic E-state index is 0.0629. The second-order valence-electron chi connectivity index (χ2n) is 5.51. The maximum atomic E-state index is 13.0. The number of hydrazine groups is 1. The Kier molecular flexibility index (Phi) is 8.09. The van der Waals surface area contributed by atoms with Crippen molar-refractivity contribution in [2.24, 2.45) is 0 Å². The van der Waals surface area contributed by atoms with Crippen molar-refractivity contribution in [2.75, 3.05) is 13.1 Å². The van der Waals surface area contributed by atoms with Crippen LogP contribution in [0.2, 0.25) is 0 Å². The number of benzene rings is 1. The predicted octanol–water partition coefficient (Wildman–Crippen LogP) is 4.39. The van der Waals surface area contributed by atoms with Crippen molar-refractivity contribution in [1.29, 1.82) is 0 Å². The molecule has 1 rings (SSSR count). The number of rotatable bonds is 9. The SMILES string of the molecule is CCCCN(CCCC)N(Cc1ccccc1)C(=O)C(F)(F)F. The molecule has 0 N–H and O–H groups in total. The fraction of sp³-hybridized carbons (Fsp3) is 0.588. The summed E-state index contributed by atoms with van der Waals surface area (Å²) in [6, 6.07) is 8.77. The monoisotopic (exact) mass is 330 g/mol. The Morgan fingerprint density at radius 2 is 1.52 bits per heavy atom. The number of amides is 1. The fourth-order valence-corrected chi connectivity index (χ4v) is 2.24. The van der Waals surface area contributed by atoms with Crippen LogP contribution in [0.15, 0.2) is 30.3 Å². The summed E-state index contributed by atoms with van der Waals surface area (Å²) in [5.74, 6) is -1.80. The second-order valence-corrected chi connectivity index (χ2v) is 5.51. The molecule has 0 aliphatic rings. The minimum Gasteiger partial charge on any atom is -0.263 e. The Hall–Kier alpha value is -1.56. The molecule has 0 radical (unpaired) electrons. The molecule has 0 aliphatic heterocycles. The van der Waals surface area contributed by atoms with Crippen LogP contribution >= 0.6 is 0 Å². The topological polar surface area (TPSA) is 23.6 Å². The van der Waals surface area contributed by atoms with E-state index >= 15 is 0 Å². The van der Waals surface area contributed by atoms with Gasteiger partial charge in [0, 0.05) is 13.1 Å². The van der Waals surface area contributed by atoms with Crippen molar-refractivity contribution < 1.29 is 18.0 Å². The Morgan fingerprint density at radius 1 is 1.00 bits per heavy atom. The molecule has 0 unspecified atom stereocenters. The first-order valence-electron chi connectivity index (χ1n) is 8.07. The van der Waals surface area contributed by atoms with Crippen LogP contribution in [0.3, 0.4) is 0 Å². The number of alkyl halides is 3. The molecule has 0 aliphatic carbocycles. The van der Waals surface area contributed by atoms with Crippen molar-refractivity contribution in [1.82, 2.24) is 10.0 Å². The van der Waals surface area contributed by atoms with Crippen molar-refractivity contribution >= 4 is 5.91 Å². The van der Waals surface area contributed by atoms with Gasteiger partial charge in [-0.1, -0.05) is 57.0 Å². The van der Waals surface area contributed by atoms with Crippen LogP contribution in [-0.4, -0.2) is 35.2 Å². The van der Waals surface area contributed by atoms with E-state index in [4.69, 9.17) is 0 Å². The zero-order valence-corrected chi connectivity index (χ0v) is 13.8. The van der Waals surface area contributed by atoms with Crippen molar-refractivity contribution in [3.8, 4) is 0 Å². The Labute approximate surface area is 136 Å². The molecular weight excluding hydrogens is 305 g/mol. The van der Waals surface area contributed by atoms with Crippen LogP contribution in [0.25, 0.3) is 0 Å². The third kappa shape index (κ3) is 6.60. The Balaban J connectivity index is 3.00. The standard InChI is InChI=1S/C17H25F3N2O/c1-3-5-12-21(13-6-4-2)22(16(23)17(18,19)20)14-15-10-8-7-9-11-15/h7-11H,3-6,12-14H2,1-2H3. The van der Waals surface area contributed by atoms with Gasteiger partial charge in [0.2, 0.25) is 0 Å². The molecule has 0 saturated carbocycles. The number of hydrogen-bond acceptors (Lipinski definition) is 2. The molecule has 0 fully saturated rings.